The number of nitrogens with one attached hydrogen (secondary N) is 1. The Morgan fingerprint density at radius 1 is 1.48 bits per heavy atom. The monoisotopic (exact) mass is 316 g/mol. The van der Waals surface area contributed by atoms with Gasteiger partial charge in [-0.1, -0.05) is 17.3 Å². The highest BCUT2D eigenvalue weighted by Gasteiger charge is 2.24. The van der Waals surface area contributed by atoms with Crippen molar-refractivity contribution in [2.24, 2.45) is 0 Å². The zero-order valence-electron chi connectivity index (χ0n) is 13.0. The zero-order chi connectivity index (χ0) is 16.2. The second-order valence-corrected chi connectivity index (χ2v) is 5.68. The Kier molecular flexibility index (Phi) is 4.57. The van der Waals surface area contributed by atoms with Crippen molar-refractivity contribution in [2.45, 2.75) is 32.4 Å². The van der Waals surface area contributed by atoms with Crippen LogP contribution < -0.4 is 5.32 Å². The first-order valence-corrected chi connectivity index (χ1v) is 7.73. The van der Waals surface area contributed by atoms with Crippen molar-refractivity contribution in [3.63, 3.8) is 0 Å². The van der Waals surface area contributed by atoms with E-state index in [1.54, 1.807) is 17.9 Å². The average molecular weight is 316 g/mol. The molecule has 2 aromatic rings. The van der Waals surface area contributed by atoms with Gasteiger partial charge in [0, 0.05) is 25.7 Å². The minimum absolute atomic E-state index is 0.0730. The smallest absolute Gasteiger partial charge is 0.256 e. The number of amides is 1. The number of aryl methyl sites for hydroxylation is 1. The minimum atomic E-state index is -0.435. The molecule has 0 spiro atoms. The van der Waals surface area contributed by atoms with Crippen molar-refractivity contribution in [3.05, 3.63) is 41.5 Å². The zero-order valence-corrected chi connectivity index (χ0v) is 13.0. The lowest BCUT2D eigenvalue weighted by Crippen LogP contribution is -2.42. The van der Waals surface area contributed by atoms with Gasteiger partial charge in [0.25, 0.3) is 5.91 Å². The van der Waals surface area contributed by atoms with Gasteiger partial charge in [0.05, 0.1) is 18.2 Å². The summed E-state index contributed by atoms with van der Waals surface area (Å²) in [5, 5.41) is 16.8. The first-order chi connectivity index (χ1) is 11.1. The Bertz CT molecular complexity index is 685. The molecule has 1 amide bonds. The molecular weight excluding hydrogens is 296 g/mol. The van der Waals surface area contributed by atoms with Gasteiger partial charge in [0.15, 0.2) is 5.82 Å². The Balaban J connectivity index is 1.73. The van der Waals surface area contributed by atoms with Gasteiger partial charge in [0.1, 0.15) is 0 Å². The third-order valence-corrected chi connectivity index (χ3v) is 3.85. The summed E-state index contributed by atoms with van der Waals surface area (Å²) in [4.78, 5) is 18.5. The van der Waals surface area contributed by atoms with Gasteiger partial charge >= 0.3 is 0 Å². The van der Waals surface area contributed by atoms with E-state index in [2.05, 4.69) is 15.5 Å². The lowest BCUT2D eigenvalue weighted by molar-refractivity contribution is 0.0474. The molecule has 2 heterocycles. The largest absolute Gasteiger partial charge is 0.391 e. The fraction of sp³-hybridized carbons (Fsp3) is 0.438. The fourth-order valence-electron chi connectivity index (χ4n) is 2.72. The molecule has 1 atom stereocenters. The summed E-state index contributed by atoms with van der Waals surface area (Å²) in [5.41, 5.74) is 1.31. The number of β-amino-alcohol motifs (C(OH)–C–C–N with tert-alkyl or cyclic N) is 1. The van der Waals surface area contributed by atoms with E-state index in [-0.39, 0.29) is 5.91 Å². The van der Waals surface area contributed by atoms with Gasteiger partial charge in [-0.2, -0.15) is 4.98 Å². The van der Waals surface area contributed by atoms with Crippen LogP contribution in [0.2, 0.25) is 0 Å². The number of benzene rings is 1. The molecule has 23 heavy (non-hydrogen) atoms. The van der Waals surface area contributed by atoms with Crippen molar-refractivity contribution in [3.8, 4) is 0 Å². The topological polar surface area (TPSA) is 91.5 Å². The number of anilines is 1. The van der Waals surface area contributed by atoms with E-state index in [1.165, 1.54) is 0 Å². The molecule has 1 aromatic carbocycles. The van der Waals surface area contributed by atoms with Gasteiger partial charge in [-0.05, 0) is 25.0 Å². The predicted molar refractivity (Wildman–Crippen MR) is 83.9 cm³/mol. The summed E-state index contributed by atoms with van der Waals surface area (Å²) in [6, 6.07) is 7.33. The first kappa shape index (κ1) is 15.5. The van der Waals surface area contributed by atoms with Crippen LogP contribution in [0.5, 0.6) is 0 Å². The molecule has 1 aliphatic rings. The first-order valence-electron chi connectivity index (χ1n) is 7.73. The SMILES string of the molecule is Cc1nc(CNc2ccccc2C(=O)N2CCCC(O)C2)no1. The van der Waals surface area contributed by atoms with E-state index >= 15 is 0 Å². The molecular formula is C16H20N4O3. The second-order valence-electron chi connectivity index (χ2n) is 5.68. The van der Waals surface area contributed by atoms with Crippen molar-refractivity contribution in [1.29, 1.82) is 0 Å². The average Bonchev–Trinajstić information content (AvgIpc) is 2.98. The number of carbonyl (C=O) groups is 1. The molecule has 7 nitrogen and oxygen atoms in total. The van der Waals surface area contributed by atoms with E-state index in [9.17, 15) is 9.90 Å². The quantitative estimate of drug-likeness (QED) is 0.890. The lowest BCUT2D eigenvalue weighted by atomic mass is 10.1. The Morgan fingerprint density at radius 2 is 2.30 bits per heavy atom. The number of para-hydroxylation sites is 1. The number of carbonyl (C=O) groups excluding carboxylic acids is 1. The predicted octanol–water partition coefficient (Wildman–Crippen LogP) is 1.59. The normalized spacial score (nSPS) is 18.0. The van der Waals surface area contributed by atoms with Crippen molar-refractivity contribution in [1.82, 2.24) is 15.0 Å². The van der Waals surface area contributed by atoms with Crippen molar-refractivity contribution in [2.75, 3.05) is 18.4 Å². The van der Waals surface area contributed by atoms with Gasteiger partial charge in [-0.25, -0.2) is 0 Å². The maximum Gasteiger partial charge on any atom is 0.256 e. The summed E-state index contributed by atoms with van der Waals surface area (Å²) in [7, 11) is 0. The van der Waals surface area contributed by atoms with Gasteiger partial charge in [0.2, 0.25) is 5.89 Å². The summed E-state index contributed by atoms with van der Waals surface area (Å²) in [6.45, 7) is 3.17. The third-order valence-electron chi connectivity index (χ3n) is 3.85. The van der Waals surface area contributed by atoms with Crippen LogP contribution in [0, 0.1) is 6.92 Å². The molecule has 7 heteroatoms. The maximum absolute atomic E-state index is 12.7. The number of nitrogens with zero attached hydrogens (tertiary/aromatic N) is 3. The van der Waals surface area contributed by atoms with Gasteiger partial charge in [-0.3, -0.25) is 4.79 Å². The van der Waals surface area contributed by atoms with Crippen LogP contribution in [0.4, 0.5) is 5.69 Å². The van der Waals surface area contributed by atoms with Crippen molar-refractivity contribution < 1.29 is 14.4 Å². The Hall–Kier alpha value is -2.41. The molecule has 1 unspecified atom stereocenters. The maximum atomic E-state index is 12.7. The molecule has 0 radical (unpaired) electrons. The number of aliphatic hydroxyl groups is 1. The summed E-state index contributed by atoms with van der Waals surface area (Å²) < 4.78 is 4.93. The van der Waals surface area contributed by atoms with E-state index in [4.69, 9.17) is 4.52 Å². The Labute approximate surface area is 134 Å². The standard InChI is InChI=1S/C16H20N4O3/c1-11-18-15(19-23-11)9-17-14-7-3-2-6-13(14)16(22)20-8-4-5-12(21)10-20/h2-3,6-7,12,17,21H,4-5,8-10H2,1H3. The van der Waals surface area contributed by atoms with Crippen LogP contribution in [0.25, 0.3) is 0 Å². The highest BCUT2D eigenvalue weighted by Crippen LogP contribution is 2.20. The van der Waals surface area contributed by atoms with Gasteiger partial charge < -0.3 is 19.8 Å². The van der Waals surface area contributed by atoms with Crippen LogP contribution in [0.1, 0.15) is 34.9 Å². The molecule has 1 fully saturated rings. The molecule has 0 bridgehead atoms. The van der Waals surface area contributed by atoms with Crippen LogP contribution >= 0.6 is 0 Å². The highest BCUT2D eigenvalue weighted by molar-refractivity contribution is 5.99. The summed E-state index contributed by atoms with van der Waals surface area (Å²) in [6.07, 6.45) is 1.14. The molecule has 0 aliphatic carbocycles. The molecule has 0 saturated carbocycles. The van der Waals surface area contributed by atoms with Gasteiger partial charge in [-0.15, -0.1) is 0 Å². The van der Waals surface area contributed by atoms with E-state index in [0.29, 0.717) is 36.9 Å². The molecule has 1 saturated heterocycles. The summed E-state index contributed by atoms with van der Waals surface area (Å²) in [5.74, 6) is 0.975. The van der Waals surface area contributed by atoms with E-state index in [0.717, 1.165) is 18.5 Å². The Morgan fingerprint density at radius 3 is 3.04 bits per heavy atom. The number of rotatable bonds is 4. The molecule has 3 rings (SSSR count). The molecule has 122 valence electrons. The van der Waals surface area contributed by atoms with Crippen molar-refractivity contribution >= 4 is 11.6 Å². The third kappa shape index (κ3) is 3.68. The fourth-order valence-corrected chi connectivity index (χ4v) is 2.72. The van der Waals surface area contributed by atoms with Crippen LogP contribution in [-0.2, 0) is 6.54 Å². The van der Waals surface area contributed by atoms with Crippen LogP contribution in [-0.4, -0.2) is 45.2 Å². The minimum Gasteiger partial charge on any atom is -0.391 e. The molecule has 1 aliphatic heterocycles. The highest BCUT2D eigenvalue weighted by atomic mass is 16.5. The summed E-state index contributed by atoms with van der Waals surface area (Å²) >= 11 is 0. The second kappa shape index (κ2) is 6.78. The number of aromatic nitrogens is 2. The number of likely N-dealkylation sites (tertiary alicyclic amines) is 1. The number of hydrogen-bond acceptors (Lipinski definition) is 6. The molecule has 1 aromatic heterocycles. The number of hydrogen-bond donors (Lipinski definition) is 2. The number of aliphatic hydroxyl groups excluding tert-OH is 1. The van der Waals surface area contributed by atoms with E-state index in [1.807, 2.05) is 18.2 Å². The molecule has 2 N–H and O–H groups in total. The van der Waals surface area contributed by atoms with E-state index < -0.39 is 6.10 Å². The van der Waals surface area contributed by atoms with Crippen LogP contribution in [0.15, 0.2) is 28.8 Å². The van der Waals surface area contributed by atoms with Crippen LogP contribution in [0.3, 0.4) is 0 Å². The number of piperidine rings is 1. The lowest BCUT2D eigenvalue weighted by Gasteiger charge is -2.30.